The van der Waals surface area contributed by atoms with Gasteiger partial charge in [0.05, 0.1) is 27.4 Å². The van der Waals surface area contributed by atoms with Gasteiger partial charge in [-0.25, -0.2) is 14.4 Å². The predicted molar refractivity (Wildman–Crippen MR) is 339 cm³/mol. The molecule has 22 atom stereocenters. The molecule has 2 saturated heterocycles. The third kappa shape index (κ3) is 13.2. The molecule has 6 fully saturated rings. The van der Waals surface area contributed by atoms with Crippen LogP contribution < -0.4 is 16.0 Å². The minimum absolute atomic E-state index is 0.0217. The van der Waals surface area contributed by atoms with E-state index < -0.39 is 148 Å². The number of allylic oxidation sites excluding steroid dienone is 2. The summed E-state index contributed by atoms with van der Waals surface area (Å²) >= 11 is 0. The topological polar surface area (TPSA) is 321 Å². The minimum atomic E-state index is -2.13. The molecule has 3 aromatic carbocycles. The highest BCUT2D eigenvalue weighted by molar-refractivity contribution is 5.96. The third-order valence-electron chi connectivity index (χ3n) is 23.5. The number of ketones is 1. The first-order chi connectivity index (χ1) is 44.5. The summed E-state index contributed by atoms with van der Waals surface area (Å²) in [5.41, 5.74) is -0.176. The van der Waals surface area contributed by atoms with Gasteiger partial charge in [0.1, 0.15) is 54.7 Å². The van der Waals surface area contributed by atoms with E-state index in [0.717, 1.165) is 44.6 Å². The largest absolute Gasteiger partial charge is 0.467 e. The van der Waals surface area contributed by atoms with Crippen LogP contribution in [0.3, 0.4) is 0 Å². The van der Waals surface area contributed by atoms with Crippen molar-refractivity contribution in [2.24, 2.45) is 50.2 Å². The monoisotopic (exact) mass is 1310 g/mol. The van der Waals surface area contributed by atoms with Crippen LogP contribution in [-0.4, -0.2) is 174 Å². The summed E-state index contributed by atoms with van der Waals surface area (Å²) in [6.45, 7) is 15.1. The van der Waals surface area contributed by atoms with Crippen molar-refractivity contribution in [2.45, 2.75) is 211 Å². The van der Waals surface area contributed by atoms with Crippen molar-refractivity contribution in [3.05, 3.63) is 119 Å². The Balaban J connectivity index is 0.920. The number of esters is 3. The molecule has 2 aliphatic heterocycles. The fourth-order valence-electron chi connectivity index (χ4n) is 17.8. The molecule has 512 valence electrons. The third-order valence-corrected chi connectivity index (χ3v) is 23.5. The number of aliphatic hydroxyl groups excluding tert-OH is 5. The highest BCUT2D eigenvalue weighted by atomic mass is 16.8. The summed E-state index contributed by atoms with van der Waals surface area (Å²) < 4.78 is 40.9. The van der Waals surface area contributed by atoms with Crippen molar-refractivity contribution in [2.75, 3.05) is 21.3 Å². The van der Waals surface area contributed by atoms with Crippen molar-refractivity contribution >= 4 is 41.4 Å². The SMILES string of the molecule is COC(=O)[C@@H](Cc1ccccc1)NC(=O)[C@H]1O[C@@H](O[C@H]2[C@@H](O[C@H]3CC[C@]4(C)[C@H]5C(=O)C=C6[C@@H]7C[C@@](C)(C(=O)N[C@H](Cc8ccccc8)C(=O)OC)CC[C@]7(C)CC[C@@]6(C)[C@]5(C)CC[C@H]4C3(C)C)O[C@H](C(=O)N[C@H](Cc3ccccc3)C(=O)OC)[C@@H](O)[C@@H]2O)[C@H](O)[C@@H](O)[C@@H]1O. The number of methoxy groups -OCH3 is 3. The van der Waals surface area contributed by atoms with E-state index in [2.05, 4.69) is 43.6 Å². The number of amides is 3. The summed E-state index contributed by atoms with van der Waals surface area (Å²) in [5.74, 6) is -5.24. The fraction of sp³-hybridized carbons (Fsp3) is 0.625. The normalized spacial score (nSPS) is 37.6. The Hall–Kier alpha value is -6.47. The molecule has 0 aromatic heterocycles. The van der Waals surface area contributed by atoms with Gasteiger partial charge in [0.2, 0.25) is 5.91 Å². The summed E-state index contributed by atoms with van der Waals surface area (Å²) in [6.07, 6.45) is -13.2. The molecule has 2 heterocycles. The average Bonchev–Trinajstić information content (AvgIpc) is 0.674. The van der Waals surface area contributed by atoms with Crippen molar-refractivity contribution in [3.63, 3.8) is 0 Å². The van der Waals surface area contributed by atoms with Crippen molar-refractivity contribution < 1.29 is 92.3 Å². The molecule has 94 heavy (non-hydrogen) atoms. The second-order valence-corrected chi connectivity index (χ2v) is 29.4. The van der Waals surface area contributed by atoms with Crippen LogP contribution in [0.5, 0.6) is 0 Å². The summed E-state index contributed by atoms with van der Waals surface area (Å²) in [4.78, 5) is 98.4. The summed E-state index contributed by atoms with van der Waals surface area (Å²) in [5, 5.41) is 66.6. The summed E-state index contributed by atoms with van der Waals surface area (Å²) in [7, 11) is 3.61. The maximum Gasteiger partial charge on any atom is 0.328 e. The van der Waals surface area contributed by atoms with E-state index in [4.69, 9.17) is 33.2 Å². The van der Waals surface area contributed by atoms with Gasteiger partial charge >= 0.3 is 17.9 Å². The Morgan fingerprint density at radius 1 is 0.543 bits per heavy atom. The van der Waals surface area contributed by atoms with E-state index in [9.17, 15) is 54.3 Å². The molecule has 3 amide bonds. The number of nitrogens with one attached hydrogen (secondary N) is 3. The first-order valence-electron chi connectivity index (χ1n) is 33.0. The van der Waals surface area contributed by atoms with Gasteiger partial charge in [0.25, 0.3) is 11.8 Å². The molecule has 3 aromatic rings. The second kappa shape index (κ2) is 27.6. The van der Waals surface area contributed by atoms with Crippen LogP contribution in [0, 0.1) is 50.2 Å². The van der Waals surface area contributed by atoms with Crippen LogP contribution in [0.1, 0.15) is 123 Å². The number of ether oxygens (including phenoxy) is 7. The smallest absolute Gasteiger partial charge is 0.328 e. The van der Waals surface area contributed by atoms with Gasteiger partial charge in [-0.1, -0.05) is 145 Å². The minimum Gasteiger partial charge on any atom is -0.467 e. The molecule has 0 unspecified atom stereocenters. The lowest BCUT2D eigenvalue weighted by Crippen LogP contribution is -2.69. The zero-order valence-electron chi connectivity index (χ0n) is 55.5. The van der Waals surface area contributed by atoms with Gasteiger partial charge < -0.3 is 74.6 Å². The molecule has 10 rings (SSSR count). The lowest BCUT2D eigenvalue weighted by atomic mass is 9.33. The van der Waals surface area contributed by atoms with Crippen LogP contribution >= 0.6 is 0 Å². The maximum atomic E-state index is 15.6. The zero-order valence-corrected chi connectivity index (χ0v) is 55.5. The number of rotatable bonds is 19. The first kappa shape index (κ1) is 70.3. The molecule has 8 N–H and O–H groups in total. The van der Waals surface area contributed by atoms with Gasteiger partial charge in [-0.05, 0) is 119 Å². The number of carbonyl (C=O) groups is 7. The van der Waals surface area contributed by atoms with Gasteiger partial charge in [0.15, 0.2) is 30.6 Å². The van der Waals surface area contributed by atoms with Crippen LogP contribution in [0.2, 0.25) is 0 Å². The average molecular weight is 1310 g/mol. The fourth-order valence-corrected chi connectivity index (χ4v) is 17.8. The molecule has 0 bridgehead atoms. The van der Waals surface area contributed by atoms with Crippen LogP contribution in [0.25, 0.3) is 0 Å². The Labute approximate surface area is 549 Å². The van der Waals surface area contributed by atoms with Gasteiger partial charge in [-0.15, -0.1) is 0 Å². The van der Waals surface area contributed by atoms with Crippen molar-refractivity contribution in [3.8, 4) is 0 Å². The molecule has 5 aliphatic carbocycles. The van der Waals surface area contributed by atoms with E-state index in [1.165, 1.54) is 7.11 Å². The molecule has 7 aliphatic rings. The second-order valence-electron chi connectivity index (χ2n) is 29.4. The Morgan fingerprint density at radius 3 is 1.51 bits per heavy atom. The highest BCUT2D eigenvalue weighted by Gasteiger charge is 2.71. The number of fused-ring (bicyclic) bond motifs is 7. The van der Waals surface area contributed by atoms with Crippen LogP contribution in [0.15, 0.2) is 103 Å². The van der Waals surface area contributed by atoms with Crippen molar-refractivity contribution in [1.82, 2.24) is 16.0 Å². The van der Waals surface area contributed by atoms with E-state index in [1.54, 1.807) is 60.7 Å². The lowest BCUT2D eigenvalue weighted by Gasteiger charge is -2.70. The number of hydrogen-bond acceptors (Lipinski definition) is 19. The number of carbonyl (C=O) groups excluding carboxylic acids is 7. The maximum absolute atomic E-state index is 15.6. The Morgan fingerprint density at radius 2 is 1.01 bits per heavy atom. The summed E-state index contributed by atoms with van der Waals surface area (Å²) in [6, 6.07) is 23.5. The van der Waals surface area contributed by atoms with E-state index >= 15 is 4.79 Å². The zero-order chi connectivity index (χ0) is 68.0. The molecule has 0 spiro atoms. The van der Waals surface area contributed by atoms with Crippen molar-refractivity contribution in [1.29, 1.82) is 0 Å². The van der Waals surface area contributed by atoms with Crippen LogP contribution in [0.4, 0.5) is 0 Å². The van der Waals surface area contributed by atoms with Crippen LogP contribution in [-0.2, 0) is 86.0 Å². The molecule has 22 nitrogen and oxygen atoms in total. The predicted octanol–water partition coefficient (Wildman–Crippen LogP) is 4.69. The van der Waals surface area contributed by atoms with Gasteiger partial charge in [0, 0.05) is 30.6 Å². The first-order valence-corrected chi connectivity index (χ1v) is 33.0. The Kier molecular flexibility index (Phi) is 20.6. The standard InChI is InChI=1S/C72H95N3O19/c1-67(2)48-26-29-72(7)58(47(76)37-42-43-38-69(4,31-30-68(43,3)32-33-71(42,72)6)66(87)75-46(63(86)90-10)36-41-24-18-13-19-25-41)70(48,5)28-27-49(67)91-65-57(53(80)52(79)56(93-65)60(83)74-45(62(85)89-9)35-40-22-16-12-17-23-40)94-64-54(81)50(77)51(78)55(92-64)59(82)73-44(61(84)88-8)34-39-20-14-11-15-21-39/h11-25,37,43-46,48-58,64-65,77-81H,26-36,38H2,1-10H3,(H,73,82)(H,74,83)(H,75,87)/t43-,44+,45+,46+,48-,49-,50-,51-,52-,53-,54+,55-,56-,57+,58+,64-,65-,68+,69-,70-,71+,72+/m0/s1. The lowest BCUT2D eigenvalue weighted by molar-refractivity contribution is -0.369. The van der Waals surface area contributed by atoms with E-state index in [1.807, 2.05) is 57.2 Å². The number of aliphatic hydroxyl groups is 5. The molecule has 0 radical (unpaired) electrons. The molecule has 4 saturated carbocycles. The van der Waals surface area contributed by atoms with Gasteiger partial charge in [-0.3, -0.25) is 19.2 Å². The quantitative estimate of drug-likeness (QED) is 0.0458. The molecular weight excluding hydrogens is 1210 g/mol. The Bertz CT molecular complexity index is 3300. The number of benzene rings is 3. The van der Waals surface area contributed by atoms with E-state index in [-0.39, 0.29) is 48.2 Å². The van der Waals surface area contributed by atoms with E-state index in [0.29, 0.717) is 49.7 Å². The van der Waals surface area contributed by atoms with Gasteiger partial charge in [-0.2, -0.15) is 0 Å². The number of hydrogen-bond donors (Lipinski definition) is 8. The highest BCUT2D eigenvalue weighted by Crippen LogP contribution is 2.75. The molecular formula is C72H95N3O19. The molecule has 22 heteroatoms.